The highest BCUT2D eigenvalue weighted by Gasteiger charge is 2.20. The molecule has 0 aliphatic heterocycles. The summed E-state index contributed by atoms with van der Waals surface area (Å²) in [7, 11) is 0. The molecule has 23 heavy (non-hydrogen) atoms. The standard InChI is InChI=1S/C17H19N3OS2/c1-3-9-18-16-19-20-17(23-16)22-11(2)15(21)14-8-7-12-5-4-6-13(12)10-14/h3,7-8,10-11H,1,4-6,9H2,2H3,(H,18,19)/t11-/m1/s1. The molecular weight excluding hydrogens is 326 g/mol. The minimum atomic E-state index is -0.172. The van der Waals surface area contributed by atoms with Gasteiger partial charge in [0.25, 0.3) is 0 Å². The van der Waals surface area contributed by atoms with E-state index < -0.39 is 0 Å². The van der Waals surface area contributed by atoms with E-state index in [1.807, 2.05) is 13.0 Å². The molecule has 0 spiro atoms. The molecule has 0 saturated heterocycles. The van der Waals surface area contributed by atoms with Crippen molar-refractivity contribution in [3.63, 3.8) is 0 Å². The second-order valence-corrected chi connectivity index (χ2v) is 8.07. The number of ketones is 1. The number of rotatable bonds is 7. The SMILES string of the molecule is C=CCNc1nnc(S[C@H](C)C(=O)c2ccc3c(c2)CCC3)s1. The predicted octanol–water partition coefficient (Wildman–Crippen LogP) is 3.99. The van der Waals surface area contributed by atoms with Crippen LogP contribution in [0.3, 0.4) is 0 Å². The quantitative estimate of drug-likeness (QED) is 0.467. The van der Waals surface area contributed by atoms with Crippen molar-refractivity contribution in [2.24, 2.45) is 0 Å². The molecule has 1 N–H and O–H groups in total. The average molecular weight is 345 g/mol. The van der Waals surface area contributed by atoms with E-state index >= 15 is 0 Å². The maximum atomic E-state index is 12.6. The molecule has 1 atom stereocenters. The smallest absolute Gasteiger partial charge is 0.206 e. The lowest BCUT2D eigenvalue weighted by Gasteiger charge is -2.09. The Morgan fingerprint density at radius 3 is 3.09 bits per heavy atom. The van der Waals surface area contributed by atoms with E-state index in [0.29, 0.717) is 6.54 Å². The van der Waals surface area contributed by atoms with E-state index in [9.17, 15) is 4.79 Å². The maximum absolute atomic E-state index is 12.6. The van der Waals surface area contributed by atoms with Gasteiger partial charge in [0.05, 0.1) is 5.25 Å². The molecule has 0 bridgehead atoms. The van der Waals surface area contributed by atoms with Gasteiger partial charge in [-0.15, -0.1) is 16.8 Å². The van der Waals surface area contributed by atoms with Gasteiger partial charge in [-0.25, -0.2) is 0 Å². The predicted molar refractivity (Wildman–Crippen MR) is 96.7 cm³/mol. The van der Waals surface area contributed by atoms with Crippen LogP contribution in [-0.2, 0) is 12.8 Å². The molecule has 120 valence electrons. The second kappa shape index (κ2) is 7.27. The molecule has 0 radical (unpaired) electrons. The Morgan fingerprint density at radius 2 is 2.26 bits per heavy atom. The van der Waals surface area contributed by atoms with Crippen LogP contribution in [0.4, 0.5) is 5.13 Å². The van der Waals surface area contributed by atoms with Crippen LogP contribution >= 0.6 is 23.1 Å². The van der Waals surface area contributed by atoms with Crippen LogP contribution < -0.4 is 5.32 Å². The highest BCUT2D eigenvalue weighted by Crippen LogP contribution is 2.31. The van der Waals surface area contributed by atoms with Gasteiger partial charge in [0.1, 0.15) is 0 Å². The third-order valence-corrected chi connectivity index (χ3v) is 5.90. The fraction of sp³-hybridized carbons (Fsp3) is 0.353. The van der Waals surface area contributed by atoms with Gasteiger partial charge in [0, 0.05) is 12.1 Å². The zero-order valence-electron chi connectivity index (χ0n) is 13.0. The zero-order chi connectivity index (χ0) is 16.2. The second-order valence-electron chi connectivity index (χ2n) is 5.50. The Morgan fingerprint density at radius 1 is 1.43 bits per heavy atom. The molecule has 3 rings (SSSR count). The van der Waals surface area contributed by atoms with Crippen LogP contribution in [0.15, 0.2) is 35.2 Å². The lowest BCUT2D eigenvalue weighted by Crippen LogP contribution is -2.13. The minimum Gasteiger partial charge on any atom is -0.357 e. The van der Waals surface area contributed by atoms with Gasteiger partial charge in [0.15, 0.2) is 10.1 Å². The van der Waals surface area contributed by atoms with E-state index in [2.05, 4.69) is 34.2 Å². The van der Waals surface area contributed by atoms with Gasteiger partial charge >= 0.3 is 0 Å². The number of Topliss-reactive ketones (excluding diaryl/α,β-unsaturated/α-hetero) is 1. The first-order chi connectivity index (χ1) is 11.2. The fourth-order valence-corrected chi connectivity index (χ4v) is 4.63. The lowest BCUT2D eigenvalue weighted by molar-refractivity contribution is 0.0994. The number of nitrogens with one attached hydrogen (secondary N) is 1. The summed E-state index contributed by atoms with van der Waals surface area (Å²) in [5, 5.41) is 11.9. The van der Waals surface area contributed by atoms with Crippen molar-refractivity contribution in [2.75, 3.05) is 11.9 Å². The van der Waals surface area contributed by atoms with Gasteiger partial charge < -0.3 is 5.32 Å². The molecule has 0 amide bonds. The van der Waals surface area contributed by atoms with E-state index in [1.165, 1.54) is 40.6 Å². The van der Waals surface area contributed by atoms with Crippen molar-refractivity contribution in [3.8, 4) is 0 Å². The van der Waals surface area contributed by atoms with Gasteiger partial charge in [-0.2, -0.15) is 0 Å². The Balaban J connectivity index is 1.65. The lowest BCUT2D eigenvalue weighted by atomic mass is 10.0. The summed E-state index contributed by atoms with van der Waals surface area (Å²) in [5.41, 5.74) is 3.53. The van der Waals surface area contributed by atoms with Crippen molar-refractivity contribution in [3.05, 3.63) is 47.5 Å². The Labute approximate surface area is 144 Å². The first-order valence-corrected chi connectivity index (χ1v) is 9.38. The number of benzene rings is 1. The first kappa shape index (κ1) is 16.2. The largest absolute Gasteiger partial charge is 0.357 e. The third kappa shape index (κ3) is 3.82. The number of thioether (sulfide) groups is 1. The van der Waals surface area contributed by atoms with Gasteiger partial charge in [-0.3, -0.25) is 4.79 Å². The molecule has 1 aromatic carbocycles. The third-order valence-electron chi connectivity index (χ3n) is 3.83. The van der Waals surface area contributed by atoms with Crippen LogP contribution in [0, 0.1) is 0 Å². The summed E-state index contributed by atoms with van der Waals surface area (Å²) in [6.07, 6.45) is 5.20. The van der Waals surface area contributed by atoms with E-state index in [0.717, 1.165) is 27.9 Å². The number of hydrogen-bond donors (Lipinski definition) is 1. The van der Waals surface area contributed by atoms with Gasteiger partial charge in [-0.1, -0.05) is 41.3 Å². The molecule has 0 unspecified atom stereocenters. The number of aromatic nitrogens is 2. The molecule has 0 saturated carbocycles. The zero-order valence-corrected chi connectivity index (χ0v) is 14.7. The van der Waals surface area contributed by atoms with E-state index in [1.54, 1.807) is 6.08 Å². The fourth-order valence-electron chi connectivity index (χ4n) is 2.65. The molecule has 2 aromatic rings. The molecule has 1 aliphatic carbocycles. The Bertz CT molecular complexity index is 726. The molecule has 1 aliphatic rings. The number of nitrogens with zero attached hydrogens (tertiary/aromatic N) is 2. The number of hydrogen-bond acceptors (Lipinski definition) is 6. The van der Waals surface area contributed by atoms with E-state index in [4.69, 9.17) is 0 Å². The van der Waals surface area contributed by atoms with Crippen LogP contribution in [-0.4, -0.2) is 27.8 Å². The number of carbonyl (C=O) groups is 1. The molecular formula is C17H19N3OS2. The van der Waals surface area contributed by atoms with Crippen molar-refractivity contribution >= 4 is 34.0 Å². The highest BCUT2D eigenvalue weighted by molar-refractivity contribution is 8.02. The molecule has 6 heteroatoms. The van der Waals surface area contributed by atoms with Gasteiger partial charge in [-0.05, 0) is 43.4 Å². The first-order valence-electron chi connectivity index (χ1n) is 7.68. The molecule has 1 aromatic heterocycles. The number of fused-ring (bicyclic) bond motifs is 1. The van der Waals surface area contributed by atoms with Crippen molar-refractivity contribution < 1.29 is 4.79 Å². The van der Waals surface area contributed by atoms with Crippen molar-refractivity contribution in [2.45, 2.75) is 35.8 Å². The van der Waals surface area contributed by atoms with Crippen LogP contribution in [0.2, 0.25) is 0 Å². The topological polar surface area (TPSA) is 54.9 Å². The van der Waals surface area contributed by atoms with Crippen molar-refractivity contribution in [1.29, 1.82) is 0 Å². The molecule has 1 heterocycles. The summed E-state index contributed by atoms with van der Waals surface area (Å²) >= 11 is 2.93. The van der Waals surface area contributed by atoms with Gasteiger partial charge in [0.2, 0.25) is 5.13 Å². The Kier molecular flexibility index (Phi) is 5.13. The highest BCUT2D eigenvalue weighted by atomic mass is 32.2. The molecule has 0 fully saturated rings. The van der Waals surface area contributed by atoms with Crippen LogP contribution in [0.5, 0.6) is 0 Å². The summed E-state index contributed by atoms with van der Waals surface area (Å²) in [6, 6.07) is 6.13. The summed E-state index contributed by atoms with van der Waals surface area (Å²) in [5.74, 6) is 0.153. The maximum Gasteiger partial charge on any atom is 0.206 e. The average Bonchev–Trinajstić information content (AvgIpc) is 3.20. The molecule has 4 nitrogen and oxygen atoms in total. The number of anilines is 1. The summed E-state index contributed by atoms with van der Waals surface area (Å²) in [6.45, 7) is 6.24. The normalized spacial score (nSPS) is 14.3. The monoisotopic (exact) mass is 345 g/mol. The minimum absolute atomic E-state index is 0.153. The van der Waals surface area contributed by atoms with Crippen LogP contribution in [0.25, 0.3) is 0 Å². The van der Waals surface area contributed by atoms with Crippen LogP contribution in [0.1, 0.15) is 34.8 Å². The number of aryl methyl sites for hydroxylation is 2. The summed E-state index contributed by atoms with van der Waals surface area (Å²) in [4.78, 5) is 12.6. The Hall–Kier alpha value is -1.66. The summed E-state index contributed by atoms with van der Waals surface area (Å²) < 4.78 is 0.804. The van der Waals surface area contributed by atoms with E-state index in [-0.39, 0.29) is 11.0 Å². The number of carbonyl (C=O) groups excluding carboxylic acids is 1. The van der Waals surface area contributed by atoms with Crippen molar-refractivity contribution in [1.82, 2.24) is 10.2 Å².